The van der Waals surface area contributed by atoms with Crippen molar-refractivity contribution in [2.75, 3.05) is 0 Å². The molecule has 0 saturated carbocycles. The number of hydrogen-bond acceptors (Lipinski definition) is 3. The van der Waals surface area contributed by atoms with Crippen LogP contribution < -0.4 is 0 Å². The Morgan fingerprint density at radius 3 is 2.37 bits per heavy atom. The smallest absolute Gasteiger partial charge is 0.134 e. The zero-order valence-electron chi connectivity index (χ0n) is 10.4. The van der Waals surface area contributed by atoms with E-state index < -0.39 is 0 Å². The molecule has 2 aromatic carbocycles. The Labute approximate surface area is 119 Å². The number of phenols is 2. The van der Waals surface area contributed by atoms with Crippen LogP contribution in [0.3, 0.4) is 0 Å². The lowest BCUT2D eigenvalue weighted by Gasteiger charge is -2.14. The summed E-state index contributed by atoms with van der Waals surface area (Å²) in [6, 6.07) is 10.6. The van der Waals surface area contributed by atoms with Gasteiger partial charge in [-0.05, 0) is 34.0 Å². The minimum absolute atomic E-state index is 0.0387. The normalized spacial score (nSPS) is 10.4. The first-order valence-corrected chi connectivity index (χ1v) is 6.58. The standard InChI is InChI=1S/C15H13BrO3/c1-9(17)7-11-14(10-5-3-2-4-6-10)12(18)8-13(19)15(11)16/h2-6,8,18-19H,7H2,1H3. The molecule has 0 spiro atoms. The van der Waals surface area contributed by atoms with Gasteiger partial charge in [-0.15, -0.1) is 0 Å². The molecule has 0 heterocycles. The lowest BCUT2D eigenvalue weighted by atomic mass is 9.95. The quantitative estimate of drug-likeness (QED) is 0.907. The molecule has 2 rings (SSSR count). The van der Waals surface area contributed by atoms with Gasteiger partial charge >= 0.3 is 0 Å². The Hall–Kier alpha value is -1.81. The fourth-order valence-electron chi connectivity index (χ4n) is 2.03. The molecule has 0 bridgehead atoms. The van der Waals surface area contributed by atoms with E-state index in [1.807, 2.05) is 30.3 Å². The number of benzene rings is 2. The second-order valence-corrected chi connectivity index (χ2v) is 5.12. The third-order valence-corrected chi connectivity index (χ3v) is 3.69. The van der Waals surface area contributed by atoms with Crippen LogP contribution in [0.4, 0.5) is 0 Å². The van der Waals surface area contributed by atoms with Gasteiger partial charge in [0.05, 0.1) is 4.47 Å². The Kier molecular flexibility index (Phi) is 3.90. The van der Waals surface area contributed by atoms with Crippen LogP contribution in [-0.2, 0) is 11.2 Å². The third-order valence-electron chi connectivity index (χ3n) is 2.81. The van der Waals surface area contributed by atoms with E-state index in [0.29, 0.717) is 15.6 Å². The molecule has 19 heavy (non-hydrogen) atoms. The zero-order chi connectivity index (χ0) is 14.0. The maximum atomic E-state index is 11.4. The molecule has 0 aromatic heterocycles. The highest BCUT2D eigenvalue weighted by molar-refractivity contribution is 9.10. The largest absolute Gasteiger partial charge is 0.507 e. The number of carbonyl (C=O) groups is 1. The molecule has 3 nitrogen and oxygen atoms in total. The number of carbonyl (C=O) groups excluding carboxylic acids is 1. The molecule has 4 heteroatoms. The molecule has 98 valence electrons. The van der Waals surface area contributed by atoms with Gasteiger partial charge in [0.15, 0.2) is 0 Å². The highest BCUT2D eigenvalue weighted by Gasteiger charge is 2.18. The van der Waals surface area contributed by atoms with Crippen LogP contribution >= 0.6 is 15.9 Å². The van der Waals surface area contributed by atoms with E-state index in [4.69, 9.17) is 0 Å². The van der Waals surface area contributed by atoms with Crippen molar-refractivity contribution in [2.45, 2.75) is 13.3 Å². The van der Waals surface area contributed by atoms with Crippen LogP contribution in [0.15, 0.2) is 40.9 Å². The van der Waals surface area contributed by atoms with E-state index in [0.717, 1.165) is 5.56 Å². The summed E-state index contributed by atoms with van der Waals surface area (Å²) >= 11 is 3.28. The second-order valence-electron chi connectivity index (χ2n) is 4.33. The first-order valence-electron chi connectivity index (χ1n) is 5.79. The van der Waals surface area contributed by atoms with Crippen LogP contribution in [0.2, 0.25) is 0 Å². The van der Waals surface area contributed by atoms with Gasteiger partial charge in [-0.3, -0.25) is 4.79 Å². The van der Waals surface area contributed by atoms with Crippen molar-refractivity contribution < 1.29 is 15.0 Å². The Balaban J connectivity index is 2.71. The summed E-state index contributed by atoms with van der Waals surface area (Å²) in [7, 11) is 0. The number of rotatable bonds is 3. The molecular formula is C15H13BrO3. The van der Waals surface area contributed by atoms with E-state index in [1.54, 1.807) is 0 Å². The molecule has 0 fully saturated rings. The summed E-state index contributed by atoms with van der Waals surface area (Å²) in [5.74, 6) is -0.153. The molecular weight excluding hydrogens is 308 g/mol. The van der Waals surface area contributed by atoms with E-state index >= 15 is 0 Å². The van der Waals surface area contributed by atoms with Crippen LogP contribution in [0.1, 0.15) is 12.5 Å². The summed E-state index contributed by atoms with van der Waals surface area (Å²) < 4.78 is 0.444. The maximum absolute atomic E-state index is 11.4. The first kappa shape index (κ1) is 13.6. The highest BCUT2D eigenvalue weighted by atomic mass is 79.9. The van der Waals surface area contributed by atoms with E-state index in [1.165, 1.54) is 13.0 Å². The lowest BCUT2D eigenvalue weighted by molar-refractivity contribution is -0.116. The summed E-state index contributed by atoms with van der Waals surface area (Å²) in [5, 5.41) is 19.8. The number of Topliss-reactive ketones (excluding diaryl/α,β-unsaturated/α-hetero) is 1. The van der Waals surface area contributed by atoms with Crippen LogP contribution in [-0.4, -0.2) is 16.0 Å². The number of phenolic OH excluding ortho intramolecular Hbond substituents is 2. The van der Waals surface area contributed by atoms with Crippen LogP contribution in [0, 0.1) is 0 Å². The molecule has 0 amide bonds. The summed E-state index contributed by atoms with van der Waals surface area (Å²) in [6.07, 6.45) is 0.146. The van der Waals surface area contributed by atoms with Crippen molar-refractivity contribution in [1.82, 2.24) is 0 Å². The minimum atomic E-state index is -0.0755. The number of hydrogen-bond donors (Lipinski definition) is 2. The van der Waals surface area contributed by atoms with E-state index in [-0.39, 0.29) is 23.7 Å². The number of halogens is 1. The monoisotopic (exact) mass is 320 g/mol. The average molecular weight is 321 g/mol. The zero-order valence-corrected chi connectivity index (χ0v) is 11.9. The molecule has 0 unspecified atom stereocenters. The topological polar surface area (TPSA) is 57.5 Å². The Morgan fingerprint density at radius 2 is 1.79 bits per heavy atom. The van der Waals surface area contributed by atoms with Gasteiger partial charge in [0.2, 0.25) is 0 Å². The average Bonchev–Trinajstić information content (AvgIpc) is 2.36. The van der Waals surface area contributed by atoms with Crippen molar-refractivity contribution in [2.24, 2.45) is 0 Å². The SMILES string of the molecule is CC(=O)Cc1c(Br)c(O)cc(O)c1-c1ccccc1. The highest BCUT2D eigenvalue weighted by Crippen LogP contribution is 2.42. The lowest BCUT2D eigenvalue weighted by Crippen LogP contribution is -2.00. The van der Waals surface area contributed by atoms with Crippen molar-refractivity contribution in [1.29, 1.82) is 0 Å². The maximum Gasteiger partial charge on any atom is 0.134 e. The van der Waals surface area contributed by atoms with Gasteiger partial charge in [0.25, 0.3) is 0 Å². The third kappa shape index (κ3) is 2.79. The molecule has 0 radical (unpaired) electrons. The van der Waals surface area contributed by atoms with Crippen molar-refractivity contribution in [3.63, 3.8) is 0 Å². The molecule has 0 aliphatic rings. The molecule has 0 atom stereocenters. The Bertz CT molecular complexity index is 621. The molecule has 2 N–H and O–H groups in total. The fourth-order valence-corrected chi connectivity index (χ4v) is 2.48. The van der Waals surface area contributed by atoms with Gasteiger partial charge in [0, 0.05) is 18.1 Å². The fraction of sp³-hybridized carbons (Fsp3) is 0.133. The summed E-state index contributed by atoms with van der Waals surface area (Å²) in [4.78, 5) is 11.4. The first-order chi connectivity index (χ1) is 9.00. The minimum Gasteiger partial charge on any atom is -0.507 e. The summed E-state index contributed by atoms with van der Waals surface area (Å²) in [6.45, 7) is 1.47. The van der Waals surface area contributed by atoms with E-state index in [2.05, 4.69) is 15.9 Å². The van der Waals surface area contributed by atoms with Crippen LogP contribution in [0.25, 0.3) is 11.1 Å². The van der Waals surface area contributed by atoms with Crippen molar-refractivity contribution in [3.8, 4) is 22.6 Å². The van der Waals surface area contributed by atoms with Gasteiger partial charge in [-0.2, -0.15) is 0 Å². The molecule has 0 aliphatic heterocycles. The predicted molar refractivity (Wildman–Crippen MR) is 77.3 cm³/mol. The summed E-state index contributed by atoms with van der Waals surface area (Å²) in [5.41, 5.74) is 1.97. The van der Waals surface area contributed by atoms with Gasteiger partial charge in [-0.25, -0.2) is 0 Å². The van der Waals surface area contributed by atoms with Gasteiger partial charge < -0.3 is 10.2 Å². The Morgan fingerprint density at radius 1 is 1.16 bits per heavy atom. The molecule has 0 saturated heterocycles. The van der Waals surface area contributed by atoms with Crippen LogP contribution in [0.5, 0.6) is 11.5 Å². The predicted octanol–water partition coefficient (Wildman–Crippen LogP) is 3.66. The number of ketones is 1. The van der Waals surface area contributed by atoms with Gasteiger partial charge in [-0.1, -0.05) is 30.3 Å². The number of aromatic hydroxyl groups is 2. The van der Waals surface area contributed by atoms with Crippen molar-refractivity contribution in [3.05, 3.63) is 46.4 Å². The molecule has 0 aliphatic carbocycles. The van der Waals surface area contributed by atoms with Gasteiger partial charge in [0.1, 0.15) is 17.3 Å². The second kappa shape index (κ2) is 5.45. The molecule has 2 aromatic rings. The van der Waals surface area contributed by atoms with Crippen molar-refractivity contribution >= 4 is 21.7 Å². The van der Waals surface area contributed by atoms with E-state index in [9.17, 15) is 15.0 Å².